The summed E-state index contributed by atoms with van der Waals surface area (Å²) in [6, 6.07) is 5.64. The van der Waals surface area contributed by atoms with Crippen LogP contribution in [0.4, 0.5) is 0 Å². The maximum atomic E-state index is 11.5. The van der Waals surface area contributed by atoms with Crippen molar-refractivity contribution in [3.8, 4) is 5.75 Å². The van der Waals surface area contributed by atoms with Crippen molar-refractivity contribution in [3.63, 3.8) is 0 Å². The maximum absolute atomic E-state index is 11.5. The molecule has 4 heteroatoms. The molecule has 0 spiro atoms. The summed E-state index contributed by atoms with van der Waals surface area (Å²) in [6.07, 6.45) is 0.0261. The highest BCUT2D eigenvalue weighted by molar-refractivity contribution is 14.1. The highest BCUT2D eigenvalue weighted by Crippen LogP contribution is 2.24. The van der Waals surface area contributed by atoms with Gasteiger partial charge in [0, 0.05) is 8.40 Å². The minimum atomic E-state index is 0.0261. The minimum absolute atomic E-state index is 0.0261. The van der Waals surface area contributed by atoms with Crippen LogP contribution in [0.2, 0.25) is 0 Å². The average Bonchev–Trinajstić information content (AvgIpc) is 2.20. The lowest BCUT2D eigenvalue weighted by Gasteiger charge is -2.18. The quantitative estimate of drug-likeness (QED) is 0.436. The first kappa shape index (κ1) is 14.0. The lowest BCUT2D eigenvalue weighted by molar-refractivity contribution is 0.101. The van der Waals surface area contributed by atoms with Gasteiger partial charge in [0.2, 0.25) is 0 Å². The SMILES string of the molecule is CC(=O)c1cc(I)ccc1OC(C)[C@H](C)Br. The van der Waals surface area contributed by atoms with E-state index in [0.29, 0.717) is 11.3 Å². The summed E-state index contributed by atoms with van der Waals surface area (Å²) >= 11 is 5.65. The molecule has 16 heavy (non-hydrogen) atoms. The third-order valence-corrected chi connectivity index (χ3v) is 3.70. The van der Waals surface area contributed by atoms with E-state index < -0.39 is 0 Å². The van der Waals surface area contributed by atoms with Gasteiger partial charge in [-0.2, -0.15) is 0 Å². The van der Waals surface area contributed by atoms with Crippen LogP contribution in [-0.4, -0.2) is 16.7 Å². The molecule has 0 fully saturated rings. The van der Waals surface area contributed by atoms with Crippen molar-refractivity contribution >= 4 is 44.3 Å². The Morgan fingerprint density at radius 3 is 2.56 bits per heavy atom. The number of hydrogen-bond acceptors (Lipinski definition) is 2. The monoisotopic (exact) mass is 396 g/mol. The molecule has 88 valence electrons. The van der Waals surface area contributed by atoms with Crippen LogP contribution in [0, 0.1) is 3.57 Å². The third kappa shape index (κ3) is 3.73. The van der Waals surface area contributed by atoms with Crippen LogP contribution in [0.1, 0.15) is 31.1 Å². The number of ether oxygens (including phenoxy) is 1. The molecule has 0 aliphatic heterocycles. The Kier molecular flexibility index (Phi) is 5.24. The molecule has 2 nitrogen and oxygen atoms in total. The molecule has 1 aromatic carbocycles. The molecule has 1 unspecified atom stereocenters. The van der Waals surface area contributed by atoms with Crippen molar-refractivity contribution in [1.82, 2.24) is 0 Å². The minimum Gasteiger partial charge on any atom is -0.489 e. The summed E-state index contributed by atoms with van der Waals surface area (Å²) in [5.74, 6) is 0.689. The molecule has 1 aromatic rings. The lowest BCUT2D eigenvalue weighted by Crippen LogP contribution is -2.21. The largest absolute Gasteiger partial charge is 0.489 e. The fourth-order valence-corrected chi connectivity index (χ4v) is 1.77. The second-order valence-electron chi connectivity index (χ2n) is 3.70. The molecule has 0 saturated carbocycles. The number of rotatable bonds is 4. The van der Waals surface area contributed by atoms with E-state index in [2.05, 4.69) is 38.5 Å². The van der Waals surface area contributed by atoms with Gasteiger partial charge in [-0.05, 0) is 61.6 Å². The molecule has 0 bridgehead atoms. The van der Waals surface area contributed by atoms with E-state index in [1.165, 1.54) is 0 Å². The zero-order valence-electron chi connectivity index (χ0n) is 9.46. The summed E-state index contributed by atoms with van der Waals surface area (Å²) in [5.41, 5.74) is 0.645. The Bertz CT molecular complexity index is 391. The van der Waals surface area contributed by atoms with E-state index in [0.717, 1.165) is 3.57 Å². The van der Waals surface area contributed by atoms with Crippen molar-refractivity contribution in [2.75, 3.05) is 0 Å². The molecule has 0 aliphatic carbocycles. The van der Waals surface area contributed by atoms with Gasteiger partial charge in [-0.15, -0.1) is 0 Å². The zero-order valence-corrected chi connectivity index (χ0v) is 13.2. The smallest absolute Gasteiger partial charge is 0.163 e. The Morgan fingerprint density at radius 2 is 2.06 bits per heavy atom. The lowest BCUT2D eigenvalue weighted by atomic mass is 10.1. The van der Waals surface area contributed by atoms with Crippen molar-refractivity contribution in [2.45, 2.75) is 31.7 Å². The maximum Gasteiger partial charge on any atom is 0.163 e. The first-order valence-corrected chi connectivity index (χ1v) is 7.02. The molecule has 0 saturated heterocycles. The number of ketones is 1. The van der Waals surface area contributed by atoms with Gasteiger partial charge < -0.3 is 4.74 Å². The topological polar surface area (TPSA) is 26.3 Å². The van der Waals surface area contributed by atoms with Crippen LogP contribution in [-0.2, 0) is 0 Å². The van der Waals surface area contributed by atoms with Gasteiger partial charge in [-0.1, -0.05) is 15.9 Å². The molecule has 0 heterocycles. The normalized spacial score (nSPS) is 14.3. The number of Topliss-reactive ketones (excluding diaryl/α,β-unsaturated/α-hetero) is 1. The van der Waals surface area contributed by atoms with Gasteiger partial charge in [0.1, 0.15) is 11.9 Å². The molecular weight excluding hydrogens is 383 g/mol. The molecule has 0 amide bonds. The number of carbonyl (C=O) groups is 1. The number of benzene rings is 1. The second-order valence-corrected chi connectivity index (χ2v) is 6.39. The van der Waals surface area contributed by atoms with E-state index in [-0.39, 0.29) is 16.7 Å². The summed E-state index contributed by atoms with van der Waals surface area (Å²) in [4.78, 5) is 11.7. The number of alkyl halides is 1. The molecule has 0 aromatic heterocycles. The van der Waals surface area contributed by atoms with Gasteiger partial charge in [0.05, 0.1) is 5.56 Å². The number of halogens is 2. The standard InChI is InChI=1S/C12H14BrIO2/c1-7(13)9(3)16-12-5-4-10(14)6-11(12)8(2)15/h4-7,9H,1-3H3/t7-,9?/m0/s1. The van der Waals surface area contributed by atoms with E-state index in [1.807, 2.05) is 32.0 Å². The van der Waals surface area contributed by atoms with Crippen molar-refractivity contribution in [2.24, 2.45) is 0 Å². The van der Waals surface area contributed by atoms with Crippen LogP contribution in [0.5, 0.6) is 5.75 Å². The summed E-state index contributed by atoms with van der Waals surface area (Å²) in [5, 5.41) is 0. The van der Waals surface area contributed by atoms with Crippen molar-refractivity contribution in [1.29, 1.82) is 0 Å². The third-order valence-electron chi connectivity index (χ3n) is 2.28. The van der Waals surface area contributed by atoms with Crippen LogP contribution < -0.4 is 4.74 Å². The van der Waals surface area contributed by atoms with Crippen molar-refractivity contribution < 1.29 is 9.53 Å². The highest BCUT2D eigenvalue weighted by Gasteiger charge is 2.15. The van der Waals surface area contributed by atoms with E-state index in [1.54, 1.807) is 6.92 Å². The predicted octanol–water partition coefficient (Wildman–Crippen LogP) is 4.04. The molecular formula is C12H14BrIO2. The Hall–Kier alpha value is -0.100. The molecule has 0 N–H and O–H groups in total. The van der Waals surface area contributed by atoms with Crippen molar-refractivity contribution in [3.05, 3.63) is 27.3 Å². The predicted molar refractivity (Wildman–Crippen MR) is 77.6 cm³/mol. The number of carbonyl (C=O) groups excluding carboxylic acids is 1. The fraction of sp³-hybridized carbons (Fsp3) is 0.417. The Morgan fingerprint density at radius 1 is 1.44 bits per heavy atom. The van der Waals surface area contributed by atoms with Crippen LogP contribution in [0.15, 0.2) is 18.2 Å². The van der Waals surface area contributed by atoms with E-state index in [9.17, 15) is 4.79 Å². The van der Waals surface area contributed by atoms with Gasteiger partial charge >= 0.3 is 0 Å². The first-order chi connectivity index (χ1) is 7.41. The Labute approximate surface area is 118 Å². The number of hydrogen-bond donors (Lipinski definition) is 0. The average molecular weight is 397 g/mol. The van der Waals surface area contributed by atoms with E-state index >= 15 is 0 Å². The highest BCUT2D eigenvalue weighted by atomic mass is 127. The summed E-state index contributed by atoms with van der Waals surface area (Å²) < 4.78 is 6.79. The second kappa shape index (κ2) is 6.00. The fourth-order valence-electron chi connectivity index (χ4n) is 1.17. The first-order valence-electron chi connectivity index (χ1n) is 5.03. The van der Waals surface area contributed by atoms with Crippen LogP contribution in [0.25, 0.3) is 0 Å². The van der Waals surface area contributed by atoms with Gasteiger partial charge in [0.25, 0.3) is 0 Å². The van der Waals surface area contributed by atoms with Gasteiger partial charge in [0.15, 0.2) is 5.78 Å². The molecule has 0 radical (unpaired) electrons. The van der Waals surface area contributed by atoms with Gasteiger partial charge in [-0.3, -0.25) is 4.79 Å². The van der Waals surface area contributed by atoms with Gasteiger partial charge in [-0.25, -0.2) is 0 Å². The zero-order chi connectivity index (χ0) is 12.3. The molecule has 0 aliphatic rings. The van der Waals surface area contributed by atoms with Crippen LogP contribution >= 0.6 is 38.5 Å². The van der Waals surface area contributed by atoms with Crippen LogP contribution in [0.3, 0.4) is 0 Å². The summed E-state index contributed by atoms with van der Waals surface area (Å²) in [7, 11) is 0. The summed E-state index contributed by atoms with van der Waals surface area (Å²) in [6.45, 7) is 5.55. The molecule has 2 atom stereocenters. The molecule has 1 rings (SSSR count). The Balaban J connectivity index is 2.99. The van der Waals surface area contributed by atoms with E-state index in [4.69, 9.17) is 4.74 Å².